The van der Waals surface area contributed by atoms with Crippen LogP contribution in [0.4, 0.5) is 0 Å². The average Bonchev–Trinajstić information content (AvgIpc) is 2.62. The van der Waals surface area contributed by atoms with E-state index >= 15 is 0 Å². The first-order chi connectivity index (χ1) is 11.4. The lowest BCUT2D eigenvalue weighted by Gasteiger charge is -2.38. The largest absolute Gasteiger partial charge is 0.0654 e. The molecule has 0 heteroatoms. The van der Waals surface area contributed by atoms with Gasteiger partial charge >= 0.3 is 0 Å². The summed E-state index contributed by atoms with van der Waals surface area (Å²) in [5.74, 6) is 3.32. The van der Waals surface area contributed by atoms with Crippen LogP contribution < -0.4 is 0 Å². The first-order valence-corrected chi connectivity index (χ1v) is 11.4. The molecule has 0 amide bonds. The molecule has 0 aromatic carbocycles. The molecule has 2 aliphatic rings. The van der Waals surface area contributed by atoms with Crippen LogP contribution in [0.5, 0.6) is 0 Å². The van der Waals surface area contributed by atoms with E-state index in [2.05, 4.69) is 6.92 Å². The molecule has 0 aromatic heterocycles. The van der Waals surface area contributed by atoms with Crippen molar-refractivity contribution in [2.75, 3.05) is 0 Å². The van der Waals surface area contributed by atoms with Gasteiger partial charge in [0.2, 0.25) is 0 Å². The van der Waals surface area contributed by atoms with E-state index in [1.807, 2.05) is 0 Å². The van der Waals surface area contributed by atoms with Crippen molar-refractivity contribution < 1.29 is 0 Å². The van der Waals surface area contributed by atoms with Crippen LogP contribution in [-0.2, 0) is 0 Å². The second kappa shape index (κ2) is 12.4. The molecule has 0 radical (unpaired) electrons. The SMILES string of the molecule is CCCCCCCCCCC(C1CCCCC1)C1CCCCC1. The number of rotatable bonds is 11. The van der Waals surface area contributed by atoms with Crippen LogP contribution in [0.15, 0.2) is 0 Å². The zero-order valence-electron chi connectivity index (χ0n) is 16.2. The van der Waals surface area contributed by atoms with Gasteiger partial charge in [0.05, 0.1) is 0 Å². The number of unbranched alkanes of at least 4 members (excludes halogenated alkanes) is 7. The molecule has 0 nitrogen and oxygen atoms in total. The molecule has 23 heavy (non-hydrogen) atoms. The molecule has 0 atom stereocenters. The maximum atomic E-state index is 2.32. The Morgan fingerprint density at radius 1 is 0.565 bits per heavy atom. The summed E-state index contributed by atoms with van der Waals surface area (Å²) >= 11 is 0. The van der Waals surface area contributed by atoms with E-state index in [4.69, 9.17) is 0 Å². The van der Waals surface area contributed by atoms with Gasteiger partial charge in [-0.25, -0.2) is 0 Å². The van der Waals surface area contributed by atoms with Crippen LogP contribution in [0.1, 0.15) is 129 Å². The maximum absolute atomic E-state index is 2.32. The summed E-state index contributed by atoms with van der Waals surface area (Å²) in [4.78, 5) is 0. The van der Waals surface area contributed by atoms with Gasteiger partial charge in [0, 0.05) is 0 Å². The molecule has 136 valence electrons. The Bertz CT molecular complexity index is 239. The van der Waals surface area contributed by atoms with E-state index in [0.29, 0.717) is 0 Å². The summed E-state index contributed by atoms with van der Waals surface area (Å²) in [6.07, 6.45) is 28.9. The number of hydrogen-bond donors (Lipinski definition) is 0. The van der Waals surface area contributed by atoms with Crippen molar-refractivity contribution >= 4 is 0 Å². The quantitative estimate of drug-likeness (QED) is 0.336. The molecule has 0 N–H and O–H groups in total. The minimum atomic E-state index is 1.11. The van der Waals surface area contributed by atoms with Crippen molar-refractivity contribution in [2.24, 2.45) is 17.8 Å². The minimum absolute atomic E-state index is 1.11. The Kier molecular flexibility index (Phi) is 10.4. The summed E-state index contributed by atoms with van der Waals surface area (Å²) in [6.45, 7) is 2.32. The van der Waals surface area contributed by atoms with E-state index in [1.54, 1.807) is 32.1 Å². The Morgan fingerprint density at radius 3 is 1.48 bits per heavy atom. The van der Waals surface area contributed by atoms with E-state index in [1.165, 1.54) is 89.9 Å². The van der Waals surface area contributed by atoms with Gasteiger partial charge in [-0.05, 0) is 24.2 Å². The third-order valence-electron chi connectivity index (χ3n) is 6.90. The van der Waals surface area contributed by atoms with E-state index in [-0.39, 0.29) is 0 Å². The molecule has 0 bridgehead atoms. The Balaban J connectivity index is 1.65. The second-order valence-electron chi connectivity index (χ2n) is 8.72. The van der Waals surface area contributed by atoms with Gasteiger partial charge in [-0.2, -0.15) is 0 Å². The fourth-order valence-electron chi connectivity index (χ4n) is 5.49. The van der Waals surface area contributed by atoms with Gasteiger partial charge in [0.1, 0.15) is 0 Å². The monoisotopic (exact) mass is 320 g/mol. The molecule has 0 spiro atoms. The standard InChI is InChI=1S/C23H44/c1-2-3-4-5-6-7-8-15-20-23(21-16-11-9-12-17-21)22-18-13-10-14-19-22/h21-23H,2-20H2,1H3. The highest BCUT2D eigenvalue weighted by Crippen LogP contribution is 2.42. The van der Waals surface area contributed by atoms with E-state index in [9.17, 15) is 0 Å². The summed E-state index contributed by atoms with van der Waals surface area (Å²) in [6, 6.07) is 0. The molecular weight excluding hydrogens is 276 g/mol. The van der Waals surface area contributed by atoms with Gasteiger partial charge in [0.25, 0.3) is 0 Å². The fourth-order valence-corrected chi connectivity index (χ4v) is 5.49. The summed E-state index contributed by atoms with van der Waals surface area (Å²) < 4.78 is 0. The van der Waals surface area contributed by atoms with Crippen molar-refractivity contribution in [3.63, 3.8) is 0 Å². The third-order valence-corrected chi connectivity index (χ3v) is 6.90. The lowest BCUT2D eigenvalue weighted by atomic mass is 9.68. The van der Waals surface area contributed by atoms with Crippen molar-refractivity contribution in [2.45, 2.75) is 129 Å². The van der Waals surface area contributed by atoms with Crippen molar-refractivity contribution in [3.05, 3.63) is 0 Å². The third kappa shape index (κ3) is 7.61. The Labute approximate surface area is 147 Å². The van der Waals surface area contributed by atoms with E-state index < -0.39 is 0 Å². The second-order valence-corrected chi connectivity index (χ2v) is 8.72. The van der Waals surface area contributed by atoms with Gasteiger partial charge in [-0.1, -0.05) is 122 Å². The first kappa shape index (κ1) is 19.3. The summed E-state index contributed by atoms with van der Waals surface area (Å²) in [5, 5.41) is 0. The van der Waals surface area contributed by atoms with Crippen LogP contribution in [0.2, 0.25) is 0 Å². The Morgan fingerprint density at radius 2 is 1.00 bits per heavy atom. The highest BCUT2D eigenvalue weighted by molar-refractivity contribution is 4.81. The van der Waals surface area contributed by atoms with E-state index in [0.717, 1.165) is 17.8 Å². The normalized spacial score (nSPS) is 21.1. The lowest BCUT2D eigenvalue weighted by molar-refractivity contribution is 0.131. The van der Waals surface area contributed by atoms with Crippen LogP contribution in [0.25, 0.3) is 0 Å². The van der Waals surface area contributed by atoms with Crippen LogP contribution >= 0.6 is 0 Å². The lowest BCUT2D eigenvalue weighted by Crippen LogP contribution is -2.27. The van der Waals surface area contributed by atoms with Crippen LogP contribution in [0, 0.1) is 17.8 Å². The van der Waals surface area contributed by atoms with Gasteiger partial charge in [-0.15, -0.1) is 0 Å². The maximum Gasteiger partial charge on any atom is -0.0357 e. The van der Waals surface area contributed by atoms with Crippen molar-refractivity contribution in [1.82, 2.24) is 0 Å². The predicted molar refractivity (Wildman–Crippen MR) is 104 cm³/mol. The summed E-state index contributed by atoms with van der Waals surface area (Å²) in [5.41, 5.74) is 0. The molecule has 0 unspecified atom stereocenters. The summed E-state index contributed by atoms with van der Waals surface area (Å²) in [7, 11) is 0. The average molecular weight is 321 g/mol. The molecule has 2 fully saturated rings. The smallest absolute Gasteiger partial charge is 0.0357 e. The topological polar surface area (TPSA) is 0 Å². The molecule has 0 saturated heterocycles. The molecule has 2 rings (SSSR count). The van der Waals surface area contributed by atoms with Gasteiger partial charge in [0.15, 0.2) is 0 Å². The van der Waals surface area contributed by atoms with Crippen molar-refractivity contribution in [1.29, 1.82) is 0 Å². The number of hydrogen-bond acceptors (Lipinski definition) is 0. The van der Waals surface area contributed by atoms with Gasteiger partial charge < -0.3 is 0 Å². The molecule has 0 heterocycles. The fraction of sp³-hybridized carbons (Fsp3) is 1.00. The first-order valence-electron chi connectivity index (χ1n) is 11.4. The predicted octanol–water partition coefficient (Wildman–Crippen LogP) is 8.29. The van der Waals surface area contributed by atoms with Crippen LogP contribution in [-0.4, -0.2) is 0 Å². The Hall–Kier alpha value is 0. The molecule has 2 aliphatic carbocycles. The zero-order valence-corrected chi connectivity index (χ0v) is 16.2. The van der Waals surface area contributed by atoms with Gasteiger partial charge in [-0.3, -0.25) is 0 Å². The molecule has 2 saturated carbocycles. The van der Waals surface area contributed by atoms with Crippen LogP contribution in [0.3, 0.4) is 0 Å². The van der Waals surface area contributed by atoms with Crippen molar-refractivity contribution in [3.8, 4) is 0 Å². The molecular formula is C23H44. The minimum Gasteiger partial charge on any atom is -0.0654 e. The molecule has 0 aliphatic heterocycles. The zero-order chi connectivity index (χ0) is 16.2. The molecule has 0 aromatic rings. The highest BCUT2D eigenvalue weighted by Gasteiger charge is 2.30. The highest BCUT2D eigenvalue weighted by atomic mass is 14.4.